The predicted molar refractivity (Wildman–Crippen MR) is 102 cm³/mol. The molecule has 26 heavy (non-hydrogen) atoms. The number of ether oxygens (including phenoxy) is 1. The summed E-state index contributed by atoms with van der Waals surface area (Å²) in [5.74, 6) is 3.39. The van der Waals surface area contributed by atoms with Crippen LogP contribution >= 0.6 is 0 Å². The van der Waals surface area contributed by atoms with Crippen molar-refractivity contribution in [3.63, 3.8) is 0 Å². The van der Waals surface area contributed by atoms with Crippen LogP contribution in [0.25, 0.3) is 0 Å². The van der Waals surface area contributed by atoms with Crippen LogP contribution in [0.2, 0.25) is 0 Å². The summed E-state index contributed by atoms with van der Waals surface area (Å²) in [6.07, 6.45) is 13.1. The van der Waals surface area contributed by atoms with Crippen molar-refractivity contribution in [3.05, 3.63) is 0 Å². The van der Waals surface area contributed by atoms with Gasteiger partial charge in [-0.3, -0.25) is 4.90 Å². The van der Waals surface area contributed by atoms with E-state index in [2.05, 4.69) is 18.7 Å². The van der Waals surface area contributed by atoms with E-state index >= 15 is 0 Å². The summed E-state index contributed by atoms with van der Waals surface area (Å²) in [6, 6.07) is 0.444. The van der Waals surface area contributed by atoms with Gasteiger partial charge in [0.1, 0.15) is 0 Å². The van der Waals surface area contributed by atoms with E-state index in [4.69, 9.17) is 4.74 Å². The van der Waals surface area contributed by atoms with Gasteiger partial charge in [-0.25, -0.2) is 0 Å². The molecule has 6 fully saturated rings. The van der Waals surface area contributed by atoms with Gasteiger partial charge >= 0.3 is 0 Å². The molecule has 1 N–H and O–H groups in total. The van der Waals surface area contributed by atoms with Crippen molar-refractivity contribution in [1.82, 2.24) is 4.90 Å². The molecule has 0 amide bonds. The van der Waals surface area contributed by atoms with Crippen LogP contribution in [-0.2, 0) is 4.74 Å². The quantitative estimate of drug-likeness (QED) is 0.723. The number of epoxide rings is 1. The molecule has 6 rings (SSSR count). The van der Waals surface area contributed by atoms with E-state index in [1.54, 1.807) is 0 Å². The van der Waals surface area contributed by atoms with Crippen molar-refractivity contribution in [3.8, 4) is 0 Å². The van der Waals surface area contributed by atoms with Crippen molar-refractivity contribution in [2.45, 2.75) is 96.0 Å². The normalized spacial score (nSPS) is 61.5. The molecule has 2 aliphatic heterocycles. The third-order valence-corrected chi connectivity index (χ3v) is 10.5. The minimum Gasteiger partial charge on any atom is -0.391 e. The number of rotatable bonds is 1. The Kier molecular flexibility index (Phi) is 3.54. The zero-order valence-corrected chi connectivity index (χ0v) is 16.7. The molecule has 3 nitrogen and oxygen atoms in total. The van der Waals surface area contributed by atoms with Crippen molar-refractivity contribution >= 4 is 0 Å². The van der Waals surface area contributed by atoms with Crippen molar-refractivity contribution < 1.29 is 9.84 Å². The minimum absolute atomic E-state index is 0.0976. The van der Waals surface area contributed by atoms with Crippen LogP contribution in [0.3, 0.4) is 0 Å². The summed E-state index contributed by atoms with van der Waals surface area (Å²) in [6.45, 7) is 7.51. The summed E-state index contributed by atoms with van der Waals surface area (Å²) < 4.78 is 5.98. The first-order valence-electron chi connectivity index (χ1n) is 11.6. The molecular weight excluding hydrogens is 322 g/mol. The van der Waals surface area contributed by atoms with Crippen LogP contribution in [0, 0.1) is 34.5 Å². The molecule has 2 heterocycles. The largest absolute Gasteiger partial charge is 0.391 e. The molecule has 146 valence electrons. The Morgan fingerprint density at radius 1 is 0.923 bits per heavy atom. The van der Waals surface area contributed by atoms with Gasteiger partial charge < -0.3 is 9.84 Å². The van der Waals surface area contributed by atoms with E-state index in [1.807, 2.05) is 0 Å². The number of aliphatic hydroxyl groups excluding tert-OH is 1. The number of fused-ring (bicyclic) bond motifs is 6. The van der Waals surface area contributed by atoms with Crippen LogP contribution in [0.4, 0.5) is 0 Å². The molecule has 4 saturated carbocycles. The van der Waals surface area contributed by atoms with E-state index in [0.29, 0.717) is 23.7 Å². The van der Waals surface area contributed by atoms with Gasteiger partial charge in [0.05, 0.1) is 18.3 Å². The third kappa shape index (κ3) is 2.12. The van der Waals surface area contributed by atoms with Crippen molar-refractivity contribution in [2.75, 3.05) is 13.1 Å². The van der Waals surface area contributed by atoms with Crippen molar-refractivity contribution in [2.24, 2.45) is 34.5 Å². The average Bonchev–Trinajstić information content (AvgIpc) is 3.02. The number of hydrogen-bond donors (Lipinski definition) is 1. The molecule has 2 saturated heterocycles. The summed E-state index contributed by atoms with van der Waals surface area (Å²) >= 11 is 0. The highest BCUT2D eigenvalue weighted by Crippen LogP contribution is 2.68. The predicted octanol–water partition coefficient (Wildman–Crippen LogP) is 3.84. The van der Waals surface area contributed by atoms with Crippen LogP contribution < -0.4 is 0 Å². The summed E-state index contributed by atoms with van der Waals surface area (Å²) in [4.78, 5) is 2.64. The maximum atomic E-state index is 11.4. The molecule has 5 unspecified atom stereocenters. The van der Waals surface area contributed by atoms with Crippen LogP contribution in [0.15, 0.2) is 0 Å². The number of hydrogen-bond acceptors (Lipinski definition) is 3. The lowest BCUT2D eigenvalue weighted by atomic mass is 9.45. The molecule has 0 aromatic heterocycles. The van der Waals surface area contributed by atoms with Gasteiger partial charge in [0.25, 0.3) is 0 Å². The Morgan fingerprint density at radius 2 is 1.73 bits per heavy atom. The van der Waals surface area contributed by atoms with Gasteiger partial charge in [0.2, 0.25) is 0 Å². The van der Waals surface area contributed by atoms with E-state index in [1.165, 1.54) is 70.9 Å². The van der Waals surface area contributed by atoms with Crippen LogP contribution in [0.1, 0.15) is 71.6 Å². The highest BCUT2D eigenvalue weighted by molar-refractivity contribution is 5.15. The monoisotopic (exact) mass is 359 g/mol. The first kappa shape index (κ1) is 16.8. The molecule has 0 bridgehead atoms. The molecule has 4 aliphatic carbocycles. The standard InChI is InChI=1S/C23H37NO2/c1-22-8-7-16-15(6-5-14-11-19-20(26-19)13-23(14,16)2)17(22)12-18(21(22)25)24-9-3-4-10-24/h14-21,25H,3-13H2,1-2H3/t14?,15?,16?,17?,18-,19-,20?,21-,22-,23-/m0/s1. The molecule has 0 spiro atoms. The van der Waals surface area contributed by atoms with Gasteiger partial charge in [-0.15, -0.1) is 0 Å². The molecule has 10 atom stereocenters. The zero-order chi connectivity index (χ0) is 17.7. The highest BCUT2D eigenvalue weighted by Gasteiger charge is 2.65. The topological polar surface area (TPSA) is 36.0 Å². The smallest absolute Gasteiger partial charge is 0.0847 e. The zero-order valence-electron chi connectivity index (χ0n) is 16.7. The van der Waals surface area contributed by atoms with Crippen LogP contribution in [-0.4, -0.2) is 47.4 Å². The molecule has 3 heteroatoms. The number of nitrogens with zero attached hydrogens (tertiary/aromatic N) is 1. The van der Waals surface area contributed by atoms with Gasteiger partial charge in [-0.2, -0.15) is 0 Å². The second kappa shape index (κ2) is 5.48. The fourth-order valence-corrected chi connectivity index (χ4v) is 8.93. The summed E-state index contributed by atoms with van der Waals surface area (Å²) in [5.41, 5.74) is 0.684. The fraction of sp³-hybridized carbons (Fsp3) is 1.00. The van der Waals surface area contributed by atoms with Gasteiger partial charge in [0, 0.05) is 6.04 Å². The Morgan fingerprint density at radius 3 is 2.54 bits per heavy atom. The van der Waals surface area contributed by atoms with Gasteiger partial charge in [0.15, 0.2) is 0 Å². The lowest BCUT2D eigenvalue weighted by Gasteiger charge is -2.59. The Labute approximate surface area is 158 Å². The second-order valence-corrected chi connectivity index (χ2v) is 11.3. The maximum absolute atomic E-state index is 11.4. The number of aliphatic hydroxyl groups is 1. The fourth-order valence-electron chi connectivity index (χ4n) is 8.93. The first-order valence-corrected chi connectivity index (χ1v) is 11.6. The van der Waals surface area contributed by atoms with E-state index in [9.17, 15) is 5.11 Å². The summed E-state index contributed by atoms with van der Waals surface area (Å²) in [7, 11) is 0. The Bertz CT molecular complexity index is 589. The lowest BCUT2D eigenvalue weighted by Crippen LogP contribution is -2.54. The van der Waals surface area contributed by atoms with Crippen molar-refractivity contribution in [1.29, 1.82) is 0 Å². The Hall–Kier alpha value is -0.120. The summed E-state index contributed by atoms with van der Waals surface area (Å²) in [5, 5.41) is 11.4. The third-order valence-electron chi connectivity index (χ3n) is 10.5. The molecule has 0 aromatic carbocycles. The van der Waals surface area contributed by atoms with E-state index in [-0.39, 0.29) is 11.5 Å². The molecule has 0 radical (unpaired) electrons. The van der Waals surface area contributed by atoms with Gasteiger partial charge in [-0.05, 0) is 105 Å². The molecular formula is C23H37NO2. The molecule has 6 aliphatic rings. The second-order valence-electron chi connectivity index (χ2n) is 11.3. The average molecular weight is 360 g/mol. The lowest BCUT2D eigenvalue weighted by molar-refractivity contribution is -0.119. The highest BCUT2D eigenvalue weighted by atomic mass is 16.6. The molecule has 0 aromatic rings. The minimum atomic E-state index is -0.0976. The van der Waals surface area contributed by atoms with E-state index in [0.717, 1.165) is 23.7 Å². The van der Waals surface area contributed by atoms with Crippen LogP contribution in [0.5, 0.6) is 0 Å². The SMILES string of the molecule is C[C@]12CC3O[C@H]3CC1CCC1C2CC[C@@]2(C)C1C[C@H](N1CCCC1)[C@@H]2O. The van der Waals surface area contributed by atoms with E-state index < -0.39 is 0 Å². The number of likely N-dealkylation sites (tertiary alicyclic amines) is 1. The van der Waals surface area contributed by atoms with Gasteiger partial charge in [-0.1, -0.05) is 13.8 Å². The maximum Gasteiger partial charge on any atom is 0.0847 e. The Balaban J connectivity index is 1.29. The first-order chi connectivity index (χ1) is 12.5.